The summed E-state index contributed by atoms with van der Waals surface area (Å²) in [5, 5.41) is 6.12. The van der Waals surface area contributed by atoms with Crippen molar-refractivity contribution in [2.24, 2.45) is 0 Å². The number of nitrogens with zero attached hydrogens (tertiary/aromatic N) is 4. The lowest BCUT2D eigenvalue weighted by Gasteiger charge is -2.10. The molecule has 0 saturated heterocycles. The van der Waals surface area contributed by atoms with Crippen LogP contribution in [0, 0.1) is 0 Å². The first kappa shape index (κ1) is 13.6. The summed E-state index contributed by atoms with van der Waals surface area (Å²) in [4.78, 5) is 20.1. The van der Waals surface area contributed by atoms with Crippen LogP contribution in [0.1, 0.15) is 4.88 Å². The number of pyridine rings is 1. The Morgan fingerprint density at radius 1 is 1.29 bits per heavy atom. The van der Waals surface area contributed by atoms with Gasteiger partial charge in [0, 0.05) is 35.6 Å². The summed E-state index contributed by atoms with van der Waals surface area (Å²) < 4.78 is 1.54. The van der Waals surface area contributed by atoms with Crippen LogP contribution >= 0.6 is 11.3 Å². The molecular weight excluding hydrogens is 286 g/mol. The topological polar surface area (TPSA) is 66.8 Å². The summed E-state index contributed by atoms with van der Waals surface area (Å²) in [6.45, 7) is 0.531. The molecule has 0 amide bonds. The fraction of sp³-hybridized carbons (Fsp3) is 0.214. The molecule has 0 spiro atoms. The molecule has 3 aromatic rings. The molecule has 0 aliphatic heterocycles. The molecule has 0 bridgehead atoms. The van der Waals surface area contributed by atoms with Crippen molar-refractivity contribution in [2.45, 2.75) is 6.54 Å². The van der Waals surface area contributed by atoms with Crippen molar-refractivity contribution in [3.63, 3.8) is 0 Å². The fourth-order valence-corrected chi connectivity index (χ4v) is 2.96. The van der Waals surface area contributed by atoms with E-state index in [0.717, 1.165) is 21.1 Å². The van der Waals surface area contributed by atoms with Crippen LogP contribution in [0.25, 0.3) is 10.4 Å². The predicted octanol–water partition coefficient (Wildman–Crippen LogP) is 1.81. The van der Waals surface area contributed by atoms with E-state index in [1.807, 2.05) is 37.3 Å². The van der Waals surface area contributed by atoms with Gasteiger partial charge in [0.25, 0.3) is 0 Å². The normalized spacial score (nSPS) is 10.8. The van der Waals surface area contributed by atoms with Gasteiger partial charge in [-0.2, -0.15) is 5.10 Å². The van der Waals surface area contributed by atoms with E-state index >= 15 is 0 Å². The average Bonchev–Trinajstić information content (AvgIpc) is 3.10. The molecule has 0 aliphatic carbocycles. The number of hydrogen-bond acceptors (Lipinski definition) is 5. The molecule has 108 valence electrons. The first-order chi connectivity index (χ1) is 10.1. The molecule has 6 nitrogen and oxygen atoms in total. The highest BCUT2D eigenvalue weighted by atomic mass is 32.1. The van der Waals surface area contributed by atoms with Crippen LogP contribution in [-0.2, 0) is 6.54 Å². The fourth-order valence-electron chi connectivity index (χ4n) is 1.97. The molecule has 3 rings (SSSR count). The number of thiophene rings is 1. The molecule has 3 aromatic heterocycles. The van der Waals surface area contributed by atoms with Gasteiger partial charge in [-0.25, -0.2) is 14.9 Å². The number of aromatic nitrogens is 4. The predicted molar refractivity (Wildman–Crippen MR) is 83.8 cm³/mol. The average molecular weight is 301 g/mol. The number of rotatable bonds is 4. The first-order valence-electron chi connectivity index (χ1n) is 6.46. The molecule has 0 radical (unpaired) electrons. The van der Waals surface area contributed by atoms with Crippen LogP contribution in [0.3, 0.4) is 0 Å². The molecule has 21 heavy (non-hydrogen) atoms. The van der Waals surface area contributed by atoms with E-state index in [9.17, 15) is 4.79 Å². The summed E-state index contributed by atoms with van der Waals surface area (Å²) in [6, 6.07) is 8.13. The van der Waals surface area contributed by atoms with Crippen LogP contribution in [0.2, 0.25) is 0 Å². The van der Waals surface area contributed by atoms with Gasteiger partial charge in [-0.05, 0) is 24.3 Å². The van der Waals surface area contributed by atoms with Crippen molar-refractivity contribution in [3.05, 3.63) is 52.2 Å². The number of hydrogen-bond donors (Lipinski definition) is 1. The van der Waals surface area contributed by atoms with Crippen molar-refractivity contribution >= 4 is 17.2 Å². The molecule has 0 saturated carbocycles. The Morgan fingerprint density at radius 3 is 2.76 bits per heavy atom. The Balaban J connectivity index is 1.81. The number of nitrogens with one attached hydrogen (secondary N) is 1. The molecule has 0 unspecified atom stereocenters. The van der Waals surface area contributed by atoms with E-state index in [1.54, 1.807) is 15.9 Å². The number of H-pyrrole nitrogens is 1. The zero-order valence-electron chi connectivity index (χ0n) is 11.8. The zero-order chi connectivity index (χ0) is 14.8. The van der Waals surface area contributed by atoms with Gasteiger partial charge >= 0.3 is 5.69 Å². The van der Waals surface area contributed by atoms with Crippen molar-refractivity contribution in [1.82, 2.24) is 19.7 Å². The van der Waals surface area contributed by atoms with Crippen LogP contribution in [-0.4, -0.2) is 33.8 Å². The van der Waals surface area contributed by atoms with Gasteiger partial charge in [-0.3, -0.25) is 4.57 Å². The standard InChI is InChI=1S/C14H15N5OS/c1-18(2)13-6-3-10(7-15-13)12-5-4-11(21-12)8-19-9-16-17-14(19)20/h3-7,9H,8H2,1-2H3,(H,17,20). The minimum atomic E-state index is -0.193. The Labute approximate surface area is 125 Å². The molecule has 0 atom stereocenters. The lowest BCUT2D eigenvalue weighted by atomic mass is 10.2. The SMILES string of the molecule is CN(C)c1ccc(-c2ccc(Cn3cn[nH]c3=O)s2)cn1. The monoisotopic (exact) mass is 301 g/mol. The molecular formula is C14H15N5OS. The summed E-state index contributed by atoms with van der Waals surface area (Å²) in [6.07, 6.45) is 3.38. The lowest BCUT2D eigenvalue weighted by Crippen LogP contribution is -2.16. The molecule has 3 heterocycles. The number of anilines is 1. The Hall–Kier alpha value is -2.41. The van der Waals surface area contributed by atoms with E-state index < -0.39 is 0 Å². The Bertz CT molecular complexity index is 784. The van der Waals surface area contributed by atoms with Crippen molar-refractivity contribution in [1.29, 1.82) is 0 Å². The van der Waals surface area contributed by atoms with Gasteiger partial charge in [0.1, 0.15) is 12.1 Å². The largest absolute Gasteiger partial charge is 0.363 e. The quantitative estimate of drug-likeness (QED) is 0.798. The maximum atomic E-state index is 11.4. The van der Waals surface area contributed by atoms with Crippen molar-refractivity contribution in [2.75, 3.05) is 19.0 Å². The second-order valence-electron chi connectivity index (χ2n) is 4.85. The van der Waals surface area contributed by atoms with Gasteiger partial charge in [0.15, 0.2) is 0 Å². The van der Waals surface area contributed by atoms with E-state index in [-0.39, 0.29) is 5.69 Å². The third-order valence-electron chi connectivity index (χ3n) is 3.10. The van der Waals surface area contributed by atoms with Gasteiger partial charge in [0.05, 0.1) is 6.54 Å². The molecule has 1 N–H and O–H groups in total. The van der Waals surface area contributed by atoms with Gasteiger partial charge in [-0.1, -0.05) is 0 Å². The summed E-state index contributed by atoms with van der Waals surface area (Å²) in [7, 11) is 3.93. The van der Waals surface area contributed by atoms with Crippen LogP contribution in [0.5, 0.6) is 0 Å². The van der Waals surface area contributed by atoms with E-state index in [2.05, 4.69) is 27.3 Å². The summed E-state index contributed by atoms with van der Waals surface area (Å²) in [5.41, 5.74) is 0.887. The molecule has 0 aliphatic rings. The highest BCUT2D eigenvalue weighted by Crippen LogP contribution is 2.28. The van der Waals surface area contributed by atoms with E-state index in [0.29, 0.717) is 6.54 Å². The highest BCUT2D eigenvalue weighted by Gasteiger charge is 2.06. The van der Waals surface area contributed by atoms with E-state index in [1.165, 1.54) is 6.33 Å². The third-order valence-corrected chi connectivity index (χ3v) is 4.22. The first-order valence-corrected chi connectivity index (χ1v) is 7.27. The molecule has 0 aromatic carbocycles. The molecule has 7 heteroatoms. The second kappa shape index (κ2) is 5.53. The summed E-state index contributed by atoms with van der Waals surface area (Å²) in [5.74, 6) is 0.931. The van der Waals surface area contributed by atoms with Crippen LogP contribution < -0.4 is 10.6 Å². The minimum absolute atomic E-state index is 0.193. The zero-order valence-corrected chi connectivity index (χ0v) is 12.6. The maximum Gasteiger partial charge on any atom is 0.343 e. The lowest BCUT2D eigenvalue weighted by molar-refractivity contribution is 0.772. The van der Waals surface area contributed by atoms with Crippen molar-refractivity contribution < 1.29 is 0 Å². The smallest absolute Gasteiger partial charge is 0.343 e. The minimum Gasteiger partial charge on any atom is -0.363 e. The van der Waals surface area contributed by atoms with Gasteiger partial charge in [0.2, 0.25) is 0 Å². The Morgan fingerprint density at radius 2 is 2.14 bits per heavy atom. The van der Waals surface area contributed by atoms with Crippen LogP contribution in [0.4, 0.5) is 5.82 Å². The third kappa shape index (κ3) is 2.87. The van der Waals surface area contributed by atoms with E-state index in [4.69, 9.17) is 0 Å². The second-order valence-corrected chi connectivity index (χ2v) is 6.02. The maximum absolute atomic E-state index is 11.4. The van der Waals surface area contributed by atoms with Gasteiger partial charge < -0.3 is 4.90 Å². The number of aromatic amines is 1. The highest BCUT2D eigenvalue weighted by molar-refractivity contribution is 7.15. The van der Waals surface area contributed by atoms with Crippen LogP contribution in [0.15, 0.2) is 41.6 Å². The summed E-state index contributed by atoms with van der Waals surface area (Å²) >= 11 is 1.65. The van der Waals surface area contributed by atoms with Gasteiger partial charge in [-0.15, -0.1) is 11.3 Å². The Kier molecular flexibility index (Phi) is 3.57. The van der Waals surface area contributed by atoms with Crippen molar-refractivity contribution in [3.8, 4) is 10.4 Å². The molecule has 0 fully saturated rings.